The number of hydrogen-bond donors (Lipinski definition) is 1. The molecule has 5 heteroatoms. The van der Waals surface area contributed by atoms with E-state index in [0.29, 0.717) is 22.2 Å². The van der Waals surface area contributed by atoms with Gasteiger partial charge in [0, 0.05) is 35.6 Å². The molecule has 110 valence electrons. The van der Waals surface area contributed by atoms with E-state index in [-0.39, 0.29) is 23.5 Å². The van der Waals surface area contributed by atoms with E-state index >= 15 is 0 Å². The van der Waals surface area contributed by atoms with Crippen molar-refractivity contribution in [3.8, 4) is 0 Å². The molecule has 2 nitrogen and oxygen atoms in total. The van der Waals surface area contributed by atoms with Gasteiger partial charge in [-0.3, -0.25) is 4.79 Å². The molecule has 2 aromatic carbocycles. The third-order valence-corrected chi connectivity index (χ3v) is 4.18. The van der Waals surface area contributed by atoms with Crippen molar-refractivity contribution in [2.75, 3.05) is 0 Å². The Bertz CT molecular complexity index is 929. The molecule has 0 fully saturated rings. The summed E-state index contributed by atoms with van der Waals surface area (Å²) in [5.41, 5.74) is 1.94. The lowest BCUT2D eigenvalue weighted by Crippen LogP contribution is -1.97. The van der Waals surface area contributed by atoms with E-state index in [9.17, 15) is 18.0 Å². The summed E-state index contributed by atoms with van der Waals surface area (Å²) in [6, 6.07) is 6.09. The summed E-state index contributed by atoms with van der Waals surface area (Å²) in [4.78, 5) is 14.9. The molecule has 1 aliphatic carbocycles. The molecular weight excluding hydrogens is 291 g/mol. The second-order valence-corrected chi connectivity index (χ2v) is 5.47. The van der Waals surface area contributed by atoms with Crippen molar-refractivity contribution < 1.29 is 18.0 Å². The number of aromatic nitrogens is 1. The highest BCUT2D eigenvalue weighted by Gasteiger charge is 2.32. The van der Waals surface area contributed by atoms with E-state index in [0.717, 1.165) is 6.07 Å². The van der Waals surface area contributed by atoms with E-state index in [1.807, 2.05) is 0 Å². The lowest BCUT2D eigenvalue weighted by Gasteiger charge is -2.10. The number of rotatable bonds is 1. The monoisotopic (exact) mass is 301 g/mol. The predicted molar refractivity (Wildman–Crippen MR) is 75.4 cm³/mol. The van der Waals surface area contributed by atoms with Crippen molar-refractivity contribution >= 4 is 16.7 Å². The van der Waals surface area contributed by atoms with E-state index < -0.39 is 17.5 Å². The van der Waals surface area contributed by atoms with Gasteiger partial charge in [-0.2, -0.15) is 0 Å². The minimum Gasteiger partial charge on any atom is -0.361 e. The third kappa shape index (κ3) is 1.78. The van der Waals surface area contributed by atoms with Crippen LogP contribution in [0.15, 0.2) is 36.5 Å². The number of nitrogens with one attached hydrogen (secondary N) is 1. The number of ketones is 1. The molecule has 1 aliphatic rings. The first-order chi connectivity index (χ1) is 10.5. The minimum atomic E-state index is -0.672. The van der Waals surface area contributed by atoms with Crippen LogP contribution in [0.2, 0.25) is 0 Å². The zero-order valence-electron chi connectivity index (χ0n) is 11.3. The third-order valence-electron chi connectivity index (χ3n) is 4.18. The fraction of sp³-hybridized carbons (Fsp3) is 0.118. The van der Waals surface area contributed by atoms with Crippen LogP contribution < -0.4 is 0 Å². The van der Waals surface area contributed by atoms with Crippen LogP contribution in [0.5, 0.6) is 0 Å². The number of benzene rings is 2. The number of carbonyl (C=O) groups is 1. The fourth-order valence-corrected chi connectivity index (χ4v) is 3.24. The Hall–Kier alpha value is -2.56. The SMILES string of the molecule is O=C1CC(c2c[nH]c3cc(F)cc(F)c23)c2ccc(F)cc21. The maximum Gasteiger partial charge on any atom is 0.164 e. The molecule has 1 aromatic heterocycles. The quantitative estimate of drug-likeness (QED) is 0.714. The van der Waals surface area contributed by atoms with Crippen molar-refractivity contribution in [2.45, 2.75) is 12.3 Å². The molecule has 22 heavy (non-hydrogen) atoms. The van der Waals surface area contributed by atoms with Gasteiger partial charge in [0.15, 0.2) is 5.78 Å². The first kappa shape index (κ1) is 13.1. The second kappa shape index (κ2) is 4.47. The zero-order valence-corrected chi connectivity index (χ0v) is 11.3. The Morgan fingerprint density at radius 1 is 1.00 bits per heavy atom. The Labute approximate surface area is 123 Å². The van der Waals surface area contributed by atoms with E-state index in [1.54, 1.807) is 12.3 Å². The van der Waals surface area contributed by atoms with Crippen LogP contribution in [0.25, 0.3) is 10.9 Å². The molecule has 1 heterocycles. The van der Waals surface area contributed by atoms with E-state index in [4.69, 9.17) is 0 Å². The van der Waals surface area contributed by atoms with Gasteiger partial charge < -0.3 is 4.98 Å². The van der Waals surface area contributed by atoms with Crippen molar-refractivity contribution in [1.29, 1.82) is 0 Å². The average molecular weight is 301 g/mol. The summed E-state index contributed by atoms with van der Waals surface area (Å²) in [5.74, 6) is -2.33. The molecule has 4 rings (SSSR count). The summed E-state index contributed by atoms with van der Waals surface area (Å²) in [5, 5.41) is 0.274. The number of Topliss-reactive ketones (excluding diaryl/α,β-unsaturated/α-hetero) is 1. The molecule has 0 spiro atoms. The van der Waals surface area contributed by atoms with Gasteiger partial charge in [-0.1, -0.05) is 6.07 Å². The van der Waals surface area contributed by atoms with Crippen molar-refractivity contribution in [1.82, 2.24) is 4.98 Å². The topological polar surface area (TPSA) is 32.9 Å². The first-order valence-corrected chi connectivity index (χ1v) is 6.83. The molecule has 0 radical (unpaired) electrons. The van der Waals surface area contributed by atoms with Crippen LogP contribution in [-0.2, 0) is 0 Å². The molecule has 0 saturated heterocycles. The van der Waals surface area contributed by atoms with Crippen molar-refractivity contribution in [3.63, 3.8) is 0 Å². The van der Waals surface area contributed by atoms with Gasteiger partial charge in [0.05, 0.1) is 5.52 Å². The zero-order chi connectivity index (χ0) is 15.4. The standard InChI is InChI=1S/C17H10F3NO/c18-8-1-2-10-11(6-16(22)12(10)3-8)13-7-21-15-5-9(19)4-14(20)17(13)15/h1-5,7,11,21H,6H2. The lowest BCUT2D eigenvalue weighted by molar-refractivity contribution is 0.0991. The molecule has 1 N–H and O–H groups in total. The summed E-state index contributed by atoms with van der Waals surface area (Å²) < 4.78 is 40.7. The van der Waals surface area contributed by atoms with Crippen LogP contribution >= 0.6 is 0 Å². The highest BCUT2D eigenvalue weighted by Crippen LogP contribution is 2.41. The molecule has 0 bridgehead atoms. The number of halogens is 3. The smallest absolute Gasteiger partial charge is 0.164 e. The summed E-state index contributed by atoms with van der Waals surface area (Å²) in [6.45, 7) is 0. The molecule has 0 amide bonds. The number of fused-ring (bicyclic) bond motifs is 2. The van der Waals surface area contributed by atoms with E-state index in [1.165, 1.54) is 18.2 Å². The second-order valence-electron chi connectivity index (χ2n) is 5.47. The maximum absolute atomic E-state index is 14.1. The number of carbonyl (C=O) groups excluding carboxylic acids is 1. The summed E-state index contributed by atoms with van der Waals surface area (Å²) in [7, 11) is 0. The Kier molecular flexibility index (Phi) is 2.66. The summed E-state index contributed by atoms with van der Waals surface area (Å²) >= 11 is 0. The highest BCUT2D eigenvalue weighted by molar-refractivity contribution is 6.02. The largest absolute Gasteiger partial charge is 0.361 e. The van der Waals surface area contributed by atoms with Crippen LogP contribution in [0, 0.1) is 17.5 Å². The number of H-pyrrole nitrogens is 1. The van der Waals surface area contributed by atoms with Gasteiger partial charge in [-0.15, -0.1) is 0 Å². The van der Waals surface area contributed by atoms with Gasteiger partial charge in [0.1, 0.15) is 17.5 Å². The molecule has 1 unspecified atom stereocenters. The highest BCUT2D eigenvalue weighted by atomic mass is 19.1. The van der Waals surface area contributed by atoms with Crippen LogP contribution in [0.3, 0.4) is 0 Å². The molecule has 1 atom stereocenters. The first-order valence-electron chi connectivity index (χ1n) is 6.83. The Balaban J connectivity index is 1.93. The predicted octanol–water partition coefficient (Wildman–Crippen LogP) is 4.30. The lowest BCUT2D eigenvalue weighted by atomic mass is 9.92. The minimum absolute atomic E-state index is 0.155. The number of aromatic amines is 1. The normalized spacial score (nSPS) is 17.2. The molecule has 3 aromatic rings. The summed E-state index contributed by atoms with van der Waals surface area (Å²) in [6.07, 6.45) is 1.74. The molecular formula is C17H10F3NO. The average Bonchev–Trinajstić information content (AvgIpc) is 3.01. The Morgan fingerprint density at radius 2 is 1.82 bits per heavy atom. The maximum atomic E-state index is 14.1. The van der Waals surface area contributed by atoms with Gasteiger partial charge in [-0.05, 0) is 29.3 Å². The Morgan fingerprint density at radius 3 is 2.64 bits per heavy atom. The van der Waals surface area contributed by atoms with Gasteiger partial charge in [0.2, 0.25) is 0 Å². The number of hydrogen-bond acceptors (Lipinski definition) is 1. The van der Waals surface area contributed by atoms with Gasteiger partial charge >= 0.3 is 0 Å². The molecule has 0 aliphatic heterocycles. The molecule has 0 saturated carbocycles. The van der Waals surface area contributed by atoms with Crippen LogP contribution in [-0.4, -0.2) is 10.8 Å². The van der Waals surface area contributed by atoms with Crippen molar-refractivity contribution in [2.24, 2.45) is 0 Å². The van der Waals surface area contributed by atoms with E-state index in [2.05, 4.69) is 4.98 Å². The van der Waals surface area contributed by atoms with Gasteiger partial charge in [0.25, 0.3) is 0 Å². The van der Waals surface area contributed by atoms with Crippen molar-refractivity contribution in [3.05, 3.63) is 70.7 Å². The fourth-order valence-electron chi connectivity index (χ4n) is 3.24. The van der Waals surface area contributed by atoms with Crippen LogP contribution in [0.1, 0.15) is 33.8 Å². The van der Waals surface area contributed by atoms with Gasteiger partial charge in [-0.25, -0.2) is 13.2 Å². The van der Waals surface area contributed by atoms with Crippen LogP contribution in [0.4, 0.5) is 13.2 Å².